The molecule has 0 heterocycles. The molecule has 0 spiro atoms. The Hall–Kier alpha value is -0.200. The molecule has 0 rings (SSSR count). The van der Waals surface area contributed by atoms with Gasteiger partial charge in [0.15, 0.2) is 0 Å². The highest BCUT2D eigenvalue weighted by Gasteiger charge is 2.04. The molecule has 0 aromatic carbocycles. The van der Waals surface area contributed by atoms with Crippen molar-refractivity contribution in [3.05, 3.63) is 0 Å². The standard InChI is InChI=1S/C12H28N2O3/c1-3-14-12(15)6-5-8-17-10-11(13)7-9-16-4-2/h11-12,14-15H,3-10,13H2,1-2H3. The summed E-state index contributed by atoms with van der Waals surface area (Å²) < 4.78 is 10.6. The molecule has 104 valence electrons. The zero-order valence-electron chi connectivity index (χ0n) is 11.2. The predicted octanol–water partition coefficient (Wildman–Crippen LogP) is 0.465. The van der Waals surface area contributed by atoms with Gasteiger partial charge < -0.3 is 20.3 Å². The van der Waals surface area contributed by atoms with Gasteiger partial charge in [0.2, 0.25) is 0 Å². The van der Waals surface area contributed by atoms with Gasteiger partial charge in [-0.05, 0) is 32.7 Å². The fourth-order valence-corrected chi connectivity index (χ4v) is 1.41. The highest BCUT2D eigenvalue weighted by atomic mass is 16.5. The largest absolute Gasteiger partial charge is 0.382 e. The lowest BCUT2D eigenvalue weighted by molar-refractivity contribution is 0.0776. The molecule has 0 aliphatic carbocycles. The number of nitrogens with one attached hydrogen (secondary N) is 1. The average Bonchev–Trinajstić information content (AvgIpc) is 2.29. The van der Waals surface area contributed by atoms with Gasteiger partial charge in [-0.3, -0.25) is 5.32 Å². The molecule has 0 bridgehead atoms. The van der Waals surface area contributed by atoms with E-state index in [2.05, 4.69) is 5.32 Å². The van der Waals surface area contributed by atoms with E-state index < -0.39 is 6.23 Å². The lowest BCUT2D eigenvalue weighted by atomic mass is 10.2. The van der Waals surface area contributed by atoms with Gasteiger partial charge in [0.05, 0.1) is 6.61 Å². The molecule has 0 aliphatic heterocycles. The Morgan fingerprint density at radius 2 is 1.94 bits per heavy atom. The lowest BCUT2D eigenvalue weighted by Crippen LogP contribution is -2.29. The predicted molar refractivity (Wildman–Crippen MR) is 68.8 cm³/mol. The third kappa shape index (κ3) is 12.1. The highest BCUT2D eigenvalue weighted by molar-refractivity contribution is 4.59. The maximum atomic E-state index is 9.39. The monoisotopic (exact) mass is 248 g/mol. The average molecular weight is 248 g/mol. The molecule has 5 heteroatoms. The van der Waals surface area contributed by atoms with Crippen molar-refractivity contribution in [1.82, 2.24) is 5.32 Å². The molecule has 0 saturated carbocycles. The summed E-state index contributed by atoms with van der Waals surface area (Å²) in [5, 5.41) is 12.3. The topological polar surface area (TPSA) is 76.7 Å². The first kappa shape index (κ1) is 16.8. The Morgan fingerprint density at radius 1 is 1.18 bits per heavy atom. The van der Waals surface area contributed by atoms with Crippen molar-refractivity contribution in [2.75, 3.05) is 33.0 Å². The van der Waals surface area contributed by atoms with Gasteiger partial charge in [-0.15, -0.1) is 0 Å². The first-order valence-electron chi connectivity index (χ1n) is 6.53. The maximum absolute atomic E-state index is 9.39. The zero-order valence-corrected chi connectivity index (χ0v) is 11.2. The summed E-state index contributed by atoms with van der Waals surface area (Å²) in [5.74, 6) is 0. The smallest absolute Gasteiger partial charge is 0.104 e. The normalized spacial score (nSPS) is 14.8. The van der Waals surface area contributed by atoms with Crippen LogP contribution >= 0.6 is 0 Å². The fourth-order valence-electron chi connectivity index (χ4n) is 1.41. The molecule has 2 unspecified atom stereocenters. The Morgan fingerprint density at radius 3 is 2.59 bits per heavy atom. The van der Waals surface area contributed by atoms with Crippen molar-refractivity contribution in [3.63, 3.8) is 0 Å². The molecule has 17 heavy (non-hydrogen) atoms. The third-order valence-corrected chi connectivity index (χ3v) is 2.38. The number of hydrogen-bond donors (Lipinski definition) is 3. The van der Waals surface area contributed by atoms with Gasteiger partial charge in [-0.1, -0.05) is 6.92 Å². The Labute approximate surface area is 105 Å². The van der Waals surface area contributed by atoms with Gasteiger partial charge in [0.1, 0.15) is 6.23 Å². The van der Waals surface area contributed by atoms with E-state index in [9.17, 15) is 5.11 Å². The summed E-state index contributed by atoms with van der Waals surface area (Å²) in [4.78, 5) is 0. The molecule has 0 aromatic rings. The first-order valence-corrected chi connectivity index (χ1v) is 6.53. The summed E-state index contributed by atoms with van der Waals surface area (Å²) in [5.41, 5.74) is 5.84. The molecular formula is C12H28N2O3. The summed E-state index contributed by atoms with van der Waals surface area (Å²) in [6, 6.07) is 0.0419. The number of rotatable bonds is 12. The van der Waals surface area contributed by atoms with Crippen molar-refractivity contribution in [1.29, 1.82) is 0 Å². The second-order valence-electron chi connectivity index (χ2n) is 4.04. The van der Waals surface area contributed by atoms with Gasteiger partial charge in [0, 0.05) is 25.9 Å². The number of aliphatic hydroxyl groups excluding tert-OH is 1. The van der Waals surface area contributed by atoms with Crippen LogP contribution in [-0.2, 0) is 9.47 Å². The SMILES string of the molecule is CCNC(O)CCCOCC(N)CCOCC. The highest BCUT2D eigenvalue weighted by Crippen LogP contribution is 1.96. The summed E-state index contributed by atoms with van der Waals surface area (Å²) in [7, 11) is 0. The first-order chi connectivity index (χ1) is 8.20. The van der Waals surface area contributed by atoms with Gasteiger partial charge >= 0.3 is 0 Å². The van der Waals surface area contributed by atoms with E-state index in [1.165, 1.54) is 0 Å². The van der Waals surface area contributed by atoms with Crippen LogP contribution in [0, 0.1) is 0 Å². The van der Waals surface area contributed by atoms with Gasteiger partial charge in [0.25, 0.3) is 0 Å². The van der Waals surface area contributed by atoms with Crippen molar-refractivity contribution < 1.29 is 14.6 Å². The van der Waals surface area contributed by atoms with Crippen molar-refractivity contribution >= 4 is 0 Å². The number of hydrogen-bond acceptors (Lipinski definition) is 5. The summed E-state index contributed by atoms with van der Waals surface area (Å²) in [6.45, 7) is 7.35. The number of nitrogens with two attached hydrogens (primary N) is 1. The van der Waals surface area contributed by atoms with Crippen LogP contribution in [0.1, 0.15) is 33.1 Å². The van der Waals surface area contributed by atoms with E-state index in [-0.39, 0.29) is 6.04 Å². The quantitative estimate of drug-likeness (QED) is 0.346. The van der Waals surface area contributed by atoms with Crippen LogP contribution in [0.4, 0.5) is 0 Å². The van der Waals surface area contributed by atoms with Crippen molar-refractivity contribution in [3.8, 4) is 0 Å². The van der Waals surface area contributed by atoms with E-state index >= 15 is 0 Å². The van der Waals surface area contributed by atoms with Crippen LogP contribution in [0.25, 0.3) is 0 Å². The minimum Gasteiger partial charge on any atom is -0.382 e. The van der Waals surface area contributed by atoms with Crippen LogP contribution < -0.4 is 11.1 Å². The fraction of sp³-hybridized carbons (Fsp3) is 1.00. The second-order valence-corrected chi connectivity index (χ2v) is 4.04. The molecule has 0 aliphatic rings. The zero-order chi connectivity index (χ0) is 12.9. The molecule has 0 saturated heterocycles. The van der Waals surface area contributed by atoms with Crippen molar-refractivity contribution in [2.24, 2.45) is 5.73 Å². The van der Waals surface area contributed by atoms with Crippen LogP contribution in [0.3, 0.4) is 0 Å². The van der Waals surface area contributed by atoms with Crippen LogP contribution in [0.15, 0.2) is 0 Å². The van der Waals surface area contributed by atoms with E-state index in [1.54, 1.807) is 0 Å². The molecule has 0 aromatic heterocycles. The Balaban J connectivity index is 3.21. The molecule has 5 nitrogen and oxygen atoms in total. The molecule has 0 radical (unpaired) electrons. The second kappa shape index (κ2) is 12.3. The Bertz CT molecular complexity index is 159. The molecule has 0 amide bonds. The minimum atomic E-state index is -0.421. The Kier molecular flexibility index (Phi) is 12.1. The van der Waals surface area contributed by atoms with Gasteiger partial charge in [-0.2, -0.15) is 0 Å². The van der Waals surface area contributed by atoms with E-state index in [1.807, 2.05) is 13.8 Å². The van der Waals surface area contributed by atoms with Crippen LogP contribution in [0.2, 0.25) is 0 Å². The number of ether oxygens (including phenoxy) is 2. The van der Waals surface area contributed by atoms with Crippen molar-refractivity contribution in [2.45, 2.75) is 45.4 Å². The van der Waals surface area contributed by atoms with E-state index in [0.717, 1.165) is 26.0 Å². The molecule has 4 N–H and O–H groups in total. The number of aliphatic hydroxyl groups is 1. The summed E-state index contributed by atoms with van der Waals surface area (Å²) >= 11 is 0. The molecular weight excluding hydrogens is 220 g/mol. The minimum absolute atomic E-state index is 0.0419. The summed E-state index contributed by atoms with van der Waals surface area (Å²) in [6.07, 6.45) is 1.96. The molecule has 2 atom stereocenters. The third-order valence-electron chi connectivity index (χ3n) is 2.38. The van der Waals surface area contributed by atoms with E-state index in [4.69, 9.17) is 15.2 Å². The van der Waals surface area contributed by atoms with Crippen LogP contribution in [-0.4, -0.2) is 50.3 Å². The lowest BCUT2D eigenvalue weighted by Gasteiger charge is -2.13. The maximum Gasteiger partial charge on any atom is 0.104 e. The van der Waals surface area contributed by atoms with Crippen LogP contribution in [0.5, 0.6) is 0 Å². The van der Waals surface area contributed by atoms with E-state index in [0.29, 0.717) is 26.2 Å². The molecule has 0 fully saturated rings. The van der Waals surface area contributed by atoms with Gasteiger partial charge in [-0.25, -0.2) is 0 Å².